The van der Waals surface area contributed by atoms with Gasteiger partial charge >= 0.3 is 0 Å². The highest BCUT2D eigenvalue weighted by Crippen LogP contribution is 2.30. The molecule has 5 nitrogen and oxygen atoms in total. The van der Waals surface area contributed by atoms with E-state index >= 15 is 0 Å². The van der Waals surface area contributed by atoms with Crippen LogP contribution in [0.3, 0.4) is 0 Å². The van der Waals surface area contributed by atoms with Gasteiger partial charge in [0.05, 0.1) is 16.6 Å². The molecular weight excluding hydrogens is 322 g/mol. The van der Waals surface area contributed by atoms with Crippen molar-refractivity contribution in [2.24, 2.45) is 0 Å². The molecule has 0 fully saturated rings. The average Bonchev–Trinajstić information content (AvgIpc) is 3.06. The minimum absolute atomic E-state index is 0.236. The van der Waals surface area contributed by atoms with E-state index in [-0.39, 0.29) is 5.92 Å². The second-order valence-corrected chi connectivity index (χ2v) is 6.65. The SMILES string of the molecule is CC(C)c1cc(NCc2ccc[nH+]c2)n2c(nc3ccccc32)c1C#N. The zero-order valence-electron chi connectivity index (χ0n) is 14.8. The number of pyridine rings is 2. The molecule has 3 heterocycles. The van der Waals surface area contributed by atoms with Crippen LogP contribution in [0.15, 0.2) is 54.9 Å². The second kappa shape index (κ2) is 6.49. The molecule has 5 heteroatoms. The van der Waals surface area contributed by atoms with Gasteiger partial charge in [-0.15, -0.1) is 0 Å². The van der Waals surface area contributed by atoms with Gasteiger partial charge < -0.3 is 5.32 Å². The largest absolute Gasteiger partial charge is 0.367 e. The Hall–Kier alpha value is -3.39. The molecule has 0 saturated heterocycles. The molecule has 2 N–H and O–H groups in total. The van der Waals surface area contributed by atoms with Crippen LogP contribution >= 0.6 is 0 Å². The Morgan fingerprint density at radius 1 is 1.23 bits per heavy atom. The number of para-hydroxylation sites is 2. The van der Waals surface area contributed by atoms with E-state index in [1.54, 1.807) is 0 Å². The fraction of sp³-hybridized carbons (Fsp3) is 0.190. The third-order valence-corrected chi connectivity index (χ3v) is 4.59. The number of nitrogens with one attached hydrogen (secondary N) is 2. The number of fused-ring (bicyclic) bond motifs is 3. The average molecular weight is 342 g/mol. The van der Waals surface area contributed by atoms with Crippen LogP contribution in [0, 0.1) is 11.3 Å². The fourth-order valence-electron chi connectivity index (χ4n) is 3.28. The van der Waals surface area contributed by atoms with Gasteiger partial charge in [0.1, 0.15) is 11.9 Å². The summed E-state index contributed by atoms with van der Waals surface area (Å²) in [6.45, 7) is 4.89. The third kappa shape index (κ3) is 2.66. The lowest BCUT2D eigenvalue weighted by Gasteiger charge is -2.15. The highest BCUT2D eigenvalue weighted by Gasteiger charge is 2.18. The summed E-state index contributed by atoms with van der Waals surface area (Å²) in [5.74, 6) is 1.18. The Morgan fingerprint density at radius 2 is 2.08 bits per heavy atom. The van der Waals surface area contributed by atoms with E-state index in [9.17, 15) is 5.26 Å². The van der Waals surface area contributed by atoms with Crippen LogP contribution in [0.25, 0.3) is 16.7 Å². The standard InChI is InChI=1S/C21H19N5/c1-14(2)16-10-20(24-13-15-6-5-9-23-12-15)26-19-8-4-3-7-18(19)25-21(26)17(16)11-22/h3-10,12,14,24H,13H2,1-2H3/p+1. The van der Waals surface area contributed by atoms with Crippen molar-refractivity contribution < 1.29 is 4.98 Å². The van der Waals surface area contributed by atoms with E-state index in [1.807, 2.05) is 47.1 Å². The van der Waals surface area contributed by atoms with E-state index < -0.39 is 0 Å². The Morgan fingerprint density at radius 3 is 2.81 bits per heavy atom. The number of imidazole rings is 1. The van der Waals surface area contributed by atoms with Crippen LogP contribution in [-0.2, 0) is 6.54 Å². The van der Waals surface area contributed by atoms with Gasteiger partial charge in [0, 0.05) is 18.2 Å². The molecule has 0 amide bonds. The van der Waals surface area contributed by atoms with Crippen molar-refractivity contribution in [2.75, 3.05) is 5.32 Å². The maximum Gasteiger partial charge on any atom is 0.171 e. The van der Waals surface area contributed by atoms with E-state index in [0.717, 1.165) is 28.0 Å². The summed E-state index contributed by atoms with van der Waals surface area (Å²) in [5, 5.41) is 13.3. The molecule has 3 aromatic heterocycles. The van der Waals surface area contributed by atoms with Crippen LogP contribution < -0.4 is 10.3 Å². The predicted octanol–water partition coefficient (Wildman–Crippen LogP) is 3.91. The highest BCUT2D eigenvalue weighted by molar-refractivity contribution is 5.85. The molecule has 4 aromatic rings. The molecule has 0 unspecified atom stereocenters. The first-order chi connectivity index (χ1) is 12.7. The fourth-order valence-corrected chi connectivity index (χ4v) is 3.28. The van der Waals surface area contributed by atoms with Crippen molar-refractivity contribution in [1.29, 1.82) is 5.26 Å². The van der Waals surface area contributed by atoms with Gasteiger partial charge in [-0.3, -0.25) is 4.40 Å². The van der Waals surface area contributed by atoms with Gasteiger partial charge in [-0.2, -0.15) is 5.26 Å². The molecule has 0 atom stereocenters. The minimum Gasteiger partial charge on any atom is -0.367 e. The summed E-state index contributed by atoms with van der Waals surface area (Å²) in [7, 11) is 0. The van der Waals surface area contributed by atoms with Crippen molar-refractivity contribution in [3.8, 4) is 6.07 Å². The molecule has 0 bridgehead atoms. The lowest BCUT2D eigenvalue weighted by atomic mass is 9.99. The topological polar surface area (TPSA) is 67.3 Å². The number of anilines is 1. The van der Waals surface area contributed by atoms with Gasteiger partial charge in [-0.05, 0) is 35.7 Å². The predicted molar refractivity (Wildman–Crippen MR) is 102 cm³/mol. The van der Waals surface area contributed by atoms with Crippen LogP contribution in [-0.4, -0.2) is 9.38 Å². The molecule has 0 spiro atoms. The van der Waals surface area contributed by atoms with Crippen LogP contribution in [0.1, 0.15) is 36.5 Å². The molecule has 128 valence electrons. The molecule has 0 aliphatic heterocycles. The maximum absolute atomic E-state index is 9.76. The molecule has 0 aliphatic carbocycles. The maximum atomic E-state index is 9.76. The Bertz CT molecular complexity index is 1120. The van der Waals surface area contributed by atoms with Crippen molar-refractivity contribution >= 4 is 22.5 Å². The number of nitrogens with zero attached hydrogens (tertiary/aromatic N) is 3. The normalized spacial score (nSPS) is 11.2. The number of benzene rings is 1. The monoisotopic (exact) mass is 342 g/mol. The highest BCUT2D eigenvalue weighted by atomic mass is 15.1. The first-order valence-electron chi connectivity index (χ1n) is 8.72. The van der Waals surface area contributed by atoms with Crippen LogP contribution in [0.2, 0.25) is 0 Å². The lowest BCUT2D eigenvalue weighted by Crippen LogP contribution is -2.10. The van der Waals surface area contributed by atoms with Crippen molar-refractivity contribution in [1.82, 2.24) is 9.38 Å². The van der Waals surface area contributed by atoms with Crippen LogP contribution in [0.4, 0.5) is 5.82 Å². The number of H-pyrrole nitrogens is 1. The van der Waals surface area contributed by atoms with Gasteiger partial charge in [0.2, 0.25) is 0 Å². The van der Waals surface area contributed by atoms with Gasteiger partial charge in [0.15, 0.2) is 18.0 Å². The first kappa shape index (κ1) is 16.1. The number of hydrogen-bond donors (Lipinski definition) is 1. The third-order valence-electron chi connectivity index (χ3n) is 4.59. The quantitative estimate of drug-likeness (QED) is 0.611. The molecule has 26 heavy (non-hydrogen) atoms. The zero-order chi connectivity index (χ0) is 18.1. The number of aromatic nitrogens is 3. The summed E-state index contributed by atoms with van der Waals surface area (Å²) < 4.78 is 2.05. The Kier molecular flexibility index (Phi) is 4.02. The second-order valence-electron chi connectivity index (χ2n) is 6.65. The summed E-state index contributed by atoms with van der Waals surface area (Å²) in [6.07, 6.45) is 3.87. The molecule has 0 radical (unpaired) electrons. The van der Waals surface area contributed by atoms with Gasteiger partial charge in [0.25, 0.3) is 0 Å². The van der Waals surface area contributed by atoms with Crippen molar-refractivity contribution in [3.05, 3.63) is 71.5 Å². The van der Waals surface area contributed by atoms with Crippen LogP contribution in [0.5, 0.6) is 0 Å². The molecular formula is C21H20N5+. The lowest BCUT2D eigenvalue weighted by molar-refractivity contribution is -0.378. The van der Waals surface area contributed by atoms with E-state index in [1.165, 1.54) is 0 Å². The smallest absolute Gasteiger partial charge is 0.171 e. The van der Waals surface area contributed by atoms with E-state index in [0.29, 0.717) is 17.8 Å². The van der Waals surface area contributed by atoms with Gasteiger partial charge in [-0.25, -0.2) is 9.97 Å². The molecule has 0 aliphatic rings. The molecule has 4 rings (SSSR count). The number of hydrogen-bond acceptors (Lipinski definition) is 3. The summed E-state index contributed by atoms with van der Waals surface area (Å²) >= 11 is 0. The van der Waals surface area contributed by atoms with Gasteiger partial charge in [-0.1, -0.05) is 26.0 Å². The van der Waals surface area contributed by atoms with E-state index in [2.05, 4.69) is 42.4 Å². The molecule has 0 saturated carbocycles. The summed E-state index contributed by atoms with van der Waals surface area (Å²) in [4.78, 5) is 7.84. The summed E-state index contributed by atoms with van der Waals surface area (Å²) in [5.41, 5.74) is 5.41. The number of rotatable bonds is 4. The zero-order valence-corrected chi connectivity index (χ0v) is 14.8. The van der Waals surface area contributed by atoms with E-state index in [4.69, 9.17) is 4.98 Å². The molecule has 1 aromatic carbocycles. The minimum atomic E-state index is 0.236. The Balaban J connectivity index is 1.93. The van der Waals surface area contributed by atoms with Crippen molar-refractivity contribution in [2.45, 2.75) is 26.3 Å². The Labute approximate surface area is 151 Å². The number of aromatic amines is 1. The van der Waals surface area contributed by atoms with Crippen molar-refractivity contribution in [3.63, 3.8) is 0 Å². The number of nitriles is 1. The summed E-state index contributed by atoms with van der Waals surface area (Å²) in [6, 6.07) is 16.5. The first-order valence-corrected chi connectivity index (χ1v) is 8.72.